The summed E-state index contributed by atoms with van der Waals surface area (Å²) in [5.74, 6) is -3.72. The van der Waals surface area contributed by atoms with E-state index in [9.17, 15) is 19.8 Å². The second-order valence-corrected chi connectivity index (χ2v) is 11.4. The highest BCUT2D eigenvalue weighted by molar-refractivity contribution is 5.87. The first-order valence-corrected chi connectivity index (χ1v) is 13.6. The molecule has 5 rings (SSSR count). The number of hydrogen-bond acceptors (Lipinski definition) is 9. The van der Waals surface area contributed by atoms with Gasteiger partial charge in [0.15, 0.2) is 0 Å². The molecule has 0 unspecified atom stereocenters. The van der Waals surface area contributed by atoms with E-state index in [2.05, 4.69) is 4.98 Å². The van der Waals surface area contributed by atoms with Crippen molar-refractivity contribution in [3.05, 3.63) is 47.8 Å². The maximum absolute atomic E-state index is 13.7. The molecule has 39 heavy (non-hydrogen) atoms. The molecule has 1 aromatic heterocycles. The SMILES string of the molecule is COC[C@@H](O)[C@H]1OC(=O)[C@H](COC)[C@H]2C=C[C@H]3[C@H]4O[C@]2(/C(C)=C/[C@H]1C)[C@@H]3[C@H](O)[C@@H](C)[C@H]4OC(=O)c1ccc[nH]1. The molecule has 2 aliphatic carbocycles. The van der Waals surface area contributed by atoms with Crippen molar-refractivity contribution in [3.63, 3.8) is 0 Å². The number of cyclic esters (lactones) is 1. The molecule has 0 amide bonds. The molecule has 10 nitrogen and oxygen atoms in total. The Morgan fingerprint density at radius 2 is 2.00 bits per heavy atom. The number of nitrogens with one attached hydrogen (secondary N) is 1. The highest BCUT2D eigenvalue weighted by Crippen LogP contribution is 2.61. The molecule has 1 saturated carbocycles. The third-order valence-corrected chi connectivity index (χ3v) is 9.16. The molecule has 0 aromatic carbocycles. The van der Waals surface area contributed by atoms with Crippen LogP contribution in [0.3, 0.4) is 0 Å². The van der Waals surface area contributed by atoms with Gasteiger partial charge in [0.2, 0.25) is 0 Å². The molecule has 10 heteroatoms. The molecule has 12 atom stereocenters. The number of aliphatic hydroxyl groups excluding tert-OH is 2. The molecule has 0 radical (unpaired) electrons. The highest BCUT2D eigenvalue weighted by Gasteiger charge is 2.70. The van der Waals surface area contributed by atoms with E-state index in [-0.39, 0.29) is 31.0 Å². The molecule has 1 spiro atoms. The van der Waals surface area contributed by atoms with Crippen LogP contribution in [0.25, 0.3) is 0 Å². The Morgan fingerprint density at radius 1 is 1.23 bits per heavy atom. The van der Waals surface area contributed by atoms with E-state index in [0.717, 1.165) is 5.57 Å². The van der Waals surface area contributed by atoms with Crippen molar-refractivity contribution < 1.29 is 43.5 Å². The quantitative estimate of drug-likeness (QED) is 0.347. The number of aromatic nitrogens is 1. The largest absolute Gasteiger partial charge is 0.459 e. The molecular formula is C29H39NO9. The van der Waals surface area contributed by atoms with E-state index in [1.54, 1.807) is 18.3 Å². The zero-order chi connectivity index (χ0) is 28.1. The monoisotopic (exact) mass is 545 g/mol. The predicted octanol–water partition coefficient (Wildman–Crippen LogP) is 1.88. The summed E-state index contributed by atoms with van der Waals surface area (Å²) >= 11 is 0. The van der Waals surface area contributed by atoms with Crippen LogP contribution in [0.2, 0.25) is 0 Å². The number of ether oxygens (including phenoxy) is 5. The fourth-order valence-electron chi connectivity index (χ4n) is 7.39. The molecular weight excluding hydrogens is 506 g/mol. The van der Waals surface area contributed by atoms with Crippen LogP contribution in [-0.4, -0.2) is 90.7 Å². The number of carbonyl (C=O) groups is 2. The van der Waals surface area contributed by atoms with Gasteiger partial charge in [-0.15, -0.1) is 0 Å². The highest BCUT2D eigenvalue weighted by atomic mass is 16.6. The first-order valence-electron chi connectivity index (χ1n) is 13.6. The zero-order valence-electron chi connectivity index (χ0n) is 23.0. The van der Waals surface area contributed by atoms with Gasteiger partial charge in [0.05, 0.1) is 25.2 Å². The van der Waals surface area contributed by atoms with Crippen molar-refractivity contribution in [2.75, 3.05) is 27.4 Å². The van der Waals surface area contributed by atoms with Crippen LogP contribution >= 0.6 is 0 Å². The van der Waals surface area contributed by atoms with Gasteiger partial charge < -0.3 is 38.9 Å². The average Bonchev–Trinajstić information content (AvgIpc) is 3.51. The molecule has 3 heterocycles. The number of rotatable bonds is 7. The van der Waals surface area contributed by atoms with E-state index >= 15 is 0 Å². The van der Waals surface area contributed by atoms with Crippen molar-refractivity contribution in [1.29, 1.82) is 0 Å². The Balaban J connectivity index is 1.59. The average molecular weight is 546 g/mol. The van der Waals surface area contributed by atoms with E-state index in [1.807, 2.05) is 39.0 Å². The van der Waals surface area contributed by atoms with E-state index < -0.39 is 65.8 Å². The second-order valence-electron chi connectivity index (χ2n) is 11.4. The van der Waals surface area contributed by atoms with Crippen molar-refractivity contribution in [2.24, 2.45) is 35.5 Å². The Kier molecular flexibility index (Phi) is 7.78. The fraction of sp³-hybridized carbons (Fsp3) is 0.655. The van der Waals surface area contributed by atoms with Gasteiger partial charge in [-0.05, 0) is 24.6 Å². The lowest BCUT2D eigenvalue weighted by molar-refractivity contribution is -0.173. The van der Waals surface area contributed by atoms with E-state index in [1.165, 1.54) is 14.2 Å². The second kappa shape index (κ2) is 10.8. The summed E-state index contributed by atoms with van der Waals surface area (Å²) in [7, 11) is 3.00. The van der Waals surface area contributed by atoms with Gasteiger partial charge >= 0.3 is 11.9 Å². The summed E-state index contributed by atoms with van der Waals surface area (Å²) in [4.78, 5) is 29.5. The minimum Gasteiger partial charge on any atom is -0.459 e. The third-order valence-electron chi connectivity index (χ3n) is 9.16. The number of esters is 2. The lowest BCUT2D eigenvalue weighted by Gasteiger charge is -2.49. The summed E-state index contributed by atoms with van der Waals surface area (Å²) in [6, 6.07) is 3.36. The lowest BCUT2D eigenvalue weighted by atomic mass is 9.56. The molecule has 2 fully saturated rings. The molecule has 2 aliphatic heterocycles. The lowest BCUT2D eigenvalue weighted by Crippen LogP contribution is -2.58. The topological polar surface area (TPSA) is 137 Å². The molecule has 4 aliphatic rings. The minimum absolute atomic E-state index is 0.00591. The van der Waals surface area contributed by atoms with Crippen LogP contribution in [0.1, 0.15) is 31.3 Å². The zero-order valence-corrected chi connectivity index (χ0v) is 23.0. The van der Waals surface area contributed by atoms with Gasteiger partial charge in [0.25, 0.3) is 0 Å². The predicted molar refractivity (Wildman–Crippen MR) is 138 cm³/mol. The smallest absolute Gasteiger partial charge is 0.355 e. The first kappa shape index (κ1) is 28.0. The van der Waals surface area contributed by atoms with Crippen LogP contribution in [0.4, 0.5) is 0 Å². The normalized spacial score (nSPS) is 43.3. The maximum Gasteiger partial charge on any atom is 0.355 e. The molecule has 1 aromatic rings. The Hall–Kier alpha value is -2.50. The van der Waals surface area contributed by atoms with Gasteiger partial charge in [-0.3, -0.25) is 4.79 Å². The van der Waals surface area contributed by atoms with Gasteiger partial charge in [-0.1, -0.05) is 32.1 Å². The first-order chi connectivity index (χ1) is 18.6. The number of carbonyl (C=O) groups excluding carboxylic acids is 2. The number of H-pyrrole nitrogens is 1. The summed E-state index contributed by atoms with van der Waals surface area (Å²) in [6.45, 7) is 5.75. The number of hydrogen-bond donors (Lipinski definition) is 3. The molecule has 214 valence electrons. The van der Waals surface area contributed by atoms with Gasteiger partial charge in [0, 0.05) is 50.0 Å². The Morgan fingerprint density at radius 3 is 2.67 bits per heavy atom. The molecule has 3 N–H and O–H groups in total. The third kappa shape index (κ3) is 4.46. The number of aliphatic hydroxyl groups is 2. The van der Waals surface area contributed by atoms with Crippen LogP contribution in [0.15, 0.2) is 42.1 Å². The summed E-state index contributed by atoms with van der Waals surface area (Å²) in [5, 5.41) is 22.6. The maximum atomic E-state index is 13.7. The number of methoxy groups -OCH3 is 2. The molecule has 4 bridgehead atoms. The Bertz CT molecular complexity index is 1120. The van der Waals surface area contributed by atoms with Crippen molar-refractivity contribution in [3.8, 4) is 0 Å². The van der Waals surface area contributed by atoms with Crippen LogP contribution < -0.4 is 0 Å². The van der Waals surface area contributed by atoms with Crippen molar-refractivity contribution in [1.82, 2.24) is 4.98 Å². The number of aromatic amines is 1. The van der Waals surface area contributed by atoms with E-state index in [0.29, 0.717) is 5.69 Å². The van der Waals surface area contributed by atoms with Crippen molar-refractivity contribution >= 4 is 11.9 Å². The Labute approximate surface area is 228 Å². The van der Waals surface area contributed by atoms with Gasteiger partial charge in [-0.25, -0.2) is 4.79 Å². The van der Waals surface area contributed by atoms with Gasteiger partial charge in [0.1, 0.15) is 35.7 Å². The fourth-order valence-corrected chi connectivity index (χ4v) is 7.39. The van der Waals surface area contributed by atoms with Gasteiger partial charge in [-0.2, -0.15) is 0 Å². The van der Waals surface area contributed by atoms with Crippen LogP contribution in [0, 0.1) is 35.5 Å². The van der Waals surface area contributed by atoms with Crippen LogP contribution in [-0.2, 0) is 28.5 Å². The summed E-state index contributed by atoms with van der Waals surface area (Å²) < 4.78 is 29.5. The molecule has 1 saturated heterocycles. The summed E-state index contributed by atoms with van der Waals surface area (Å²) in [6.07, 6.45) is 3.57. The van der Waals surface area contributed by atoms with Crippen molar-refractivity contribution in [2.45, 2.75) is 56.9 Å². The standard InChI is InChI=1S/C29H39NO9/c1-14-11-15(2)29-19(18(12-35-4)27(33)37-24(14)21(31)13-36-5)9-8-17-22(29)23(32)16(3)25(26(17)39-29)38-28(34)20-7-6-10-30-20/h6-11,14,16-19,21-26,30-32H,12-13H2,1-5H3/b15-11+/t14-,16-,17-,18-,19-,21-,22+,23-,24+,25-,26-,29+/m1/s1. The minimum atomic E-state index is -1.07. The van der Waals surface area contributed by atoms with E-state index in [4.69, 9.17) is 23.7 Å². The van der Waals surface area contributed by atoms with Crippen LogP contribution in [0.5, 0.6) is 0 Å². The summed E-state index contributed by atoms with van der Waals surface area (Å²) in [5.41, 5.74) is 0.0869.